The Morgan fingerprint density at radius 1 is 1.64 bits per heavy atom. The maximum absolute atomic E-state index is 10.6. The first kappa shape index (κ1) is 9.86. The van der Waals surface area contributed by atoms with Gasteiger partial charge in [-0.2, -0.15) is 0 Å². The third-order valence-corrected chi connectivity index (χ3v) is 1.18. The van der Waals surface area contributed by atoms with E-state index in [0.717, 1.165) is 7.11 Å². The van der Waals surface area contributed by atoms with Gasteiger partial charge in [-0.05, 0) is 0 Å². The van der Waals surface area contributed by atoms with E-state index >= 15 is 0 Å². The molecule has 0 saturated heterocycles. The Morgan fingerprint density at radius 3 is 2.18 bits per heavy atom. The fraction of sp³-hybridized carbons (Fsp3) is 0.600. The highest BCUT2D eigenvalue weighted by Crippen LogP contribution is 2.01. The van der Waals surface area contributed by atoms with Crippen LogP contribution in [0.3, 0.4) is 0 Å². The molecule has 0 fully saturated rings. The predicted molar refractivity (Wildman–Crippen MR) is 33.7 cm³/mol. The first-order valence-corrected chi connectivity index (χ1v) is 2.70. The molecule has 0 rings (SSSR count). The monoisotopic (exact) mass is 163 g/mol. The molecule has 1 atom stereocenters. The van der Waals surface area contributed by atoms with Gasteiger partial charge in [-0.15, -0.1) is 0 Å². The molecule has 6 nitrogen and oxygen atoms in total. The molecule has 64 valence electrons. The Balaban J connectivity index is 4.59. The van der Waals surface area contributed by atoms with E-state index < -0.39 is 24.1 Å². The van der Waals surface area contributed by atoms with Crippen LogP contribution in [0.15, 0.2) is 0 Å². The van der Waals surface area contributed by atoms with Crippen LogP contribution in [-0.4, -0.2) is 41.4 Å². The summed E-state index contributed by atoms with van der Waals surface area (Å²) in [5.41, 5.74) is 2.63. The van der Waals surface area contributed by atoms with Gasteiger partial charge in [0.15, 0.2) is 0 Å². The number of ether oxygens (including phenoxy) is 1. The summed E-state index contributed by atoms with van der Waals surface area (Å²) in [4.78, 5) is 20.9. The summed E-state index contributed by atoms with van der Waals surface area (Å²) in [6, 6.07) is 0. The molecular weight excluding hydrogens is 154 g/mol. The summed E-state index contributed by atoms with van der Waals surface area (Å²) in [6.45, 7) is -0.991. The molecule has 11 heavy (non-hydrogen) atoms. The van der Waals surface area contributed by atoms with E-state index in [1.165, 1.54) is 0 Å². The molecule has 0 aliphatic heterocycles. The molecule has 0 saturated carbocycles. The average molecular weight is 163 g/mol. The molecule has 0 spiro atoms. The molecule has 4 N–H and O–H groups in total. The first-order chi connectivity index (χ1) is 4.99. The Bertz CT molecular complexity index is 180. The van der Waals surface area contributed by atoms with Gasteiger partial charge in [0.2, 0.25) is 5.54 Å². The molecule has 0 amide bonds. The maximum Gasteiger partial charge on any atom is 0.340 e. The third kappa shape index (κ3) is 1.66. The maximum atomic E-state index is 10.6. The number of esters is 1. The van der Waals surface area contributed by atoms with Crippen molar-refractivity contribution in [3.63, 3.8) is 0 Å². The second kappa shape index (κ2) is 3.31. The van der Waals surface area contributed by atoms with Gasteiger partial charge in [-0.1, -0.05) is 0 Å². The summed E-state index contributed by atoms with van der Waals surface area (Å²) in [5.74, 6) is -2.79. The number of carboxylic acids is 1. The van der Waals surface area contributed by atoms with E-state index in [-0.39, 0.29) is 0 Å². The Hall–Kier alpha value is -1.14. The molecule has 6 heteroatoms. The first-order valence-electron chi connectivity index (χ1n) is 2.70. The zero-order valence-corrected chi connectivity index (χ0v) is 5.90. The summed E-state index contributed by atoms with van der Waals surface area (Å²) in [5, 5.41) is 16.8. The van der Waals surface area contributed by atoms with E-state index in [4.69, 9.17) is 15.9 Å². The zero-order valence-electron chi connectivity index (χ0n) is 5.90. The number of aliphatic hydroxyl groups is 1. The van der Waals surface area contributed by atoms with Crippen molar-refractivity contribution in [1.29, 1.82) is 0 Å². The number of aliphatic carboxylic acids is 1. The molecule has 1 unspecified atom stereocenters. The Morgan fingerprint density at radius 2 is 2.09 bits per heavy atom. The van der Waals surface area contributed by atoms with Crippen molar-refractivity contribution in [2.45, 2.75) is 5.54 Å². The van der Waals surface area contributed by atoms with Crippen molar-refractivity contribution in [2.75, 3.05) is 13.7 Å². The highest BCUT2D eigenvalue weighted by molar-refractivity contribution is 6.03. The number of nitrogens with two attached hydrogens (primary N) is 1. The van der Waals surface area contributed by atoms with Crippen LogP contribution >= 0.6 is 0 Å². The minimum Gasteiger partial charge on any atom is -0.479 e. The van der Waals surface area contributed by atoms with Crippen molar-refractivity contribution in [2.24, 2.45) is 5.73 Å². The van der Waals surface area contributed by atoms with E-state index in [1.54, 1.807) is 0 Å². The second-order valence-electron chi connectivity index (χ2n) is 1.93. The molecular formula is C5H9NO5. The average Bonchev–Trinajstić information content (AvgIpc) is 2.01. The smallest absolute Gasteiger partial charge is 0.340 e. The van der Waals surface area contributed by atoms with Gasteiger partial charge in [0.05, 0.1) is 13.7 Å². The van der Waals surface area contributed by atoms with Crippen molar-refractivity contribution < 1.29 is 24.5 Å². The molecule has 0 bridgehead atoms. The second-order valence-corrected chi connectivity index (χ2v) is 1.93. The van der Waals surface area contributed by atoms with Gasteiger partial charge in [-0.3, -0.25) is 0 Å². The third-order valence-electron chi connectivity index (χ3n) is 1.18. The molecule has 0 aromatic carbocycles. The van der Waals surface area contributed by atoms with Crippen molar-refractivity contribution in [3.8, 4) is 0 Å². The molecule has 0 aromatic heterocycles. The number of aliphatic hydroxyl groups excluding tert-OH is 1. The highest BCUT2D eigenvalue weighted by Gasteiger charge is 2.43. The summed E-state index contributed by atoms with van der Waals surface area (Å²) >= 11 is 0. The molecule has 0 aliphatic rings. The van der Waals surface area contributed by atoms with Crippen LogP contribution in [-0.2, 0) is 14.3 Å². The molecule has 0 heterocycles. The Kier molecular flexibility index (Phi) is 2.97. The number of carbonyl (C=O) groups excluding carboxylic acids is 1. The molecule has 0 aromatic rings. The van der Waals surface area contributed by atoms with E-state index in [1.807, 2.05) is 0 Å². The standard InChI is InChI=1S/C5H9NO5/c1-11-4(10)5(6,2-7)3(8)9/h7H,2,6H2,1H3,(H,8,9). The number of rotatable bonds is 3. The predicted octanol–water partition coefficient (Wildman–Crippen LogP) is -2.07. The van der Waals surface area contributed by atoms with Crippen LogP contribution in [0.25, 0.3) is 0 Å². The highest BCUT2D eigenvalue weighted by atomic mass is 16.5. The molecule has 0 radical (unpaired) electrons. The van der Waals surface area contributed by atoms with Crippen LogP contribution in [0.5, 0.6) is 0 Å². The molecule has 0 aliphatic carbocycles. The normalized spacial score (nSPS) is 15.2. The number of carboxylic acid groups (broad SMARTS) is 1. The summed E-state index contributed by atoms with van der Waals surface area (Å²) < 4.78 is 4.06. The number of methoxy groups -OCH3 is 1. The number of carbonyl (C=O) groups is 2. The van der Waals surface area contributed by atoms with Gasteiger partial charge in [0.25, 0.3) is 0 Å². The van der Waals surface area contributed by atoms with E-state index in [9.17, 15) is 9.59 Å². The van der Waals surface area contributed by atoms with Crippen LogP contribution in [0, 0.1) is 0 Å². The van der Waals surface area contributed by atoms with E-state index in [2.05, 4.69) is 4.74 Å². The van der Waals surface area contributed by atoms with Crippen LogP contribution in [0.4, 0.5) is 0 Å². The zero-order chi connectivity index (χ0) is 9.07. The minimum atomic E-state index is -2.34. The lowest BCUT2D eigenvalue weighted by molar-refractivity contribution is -0.161. The van der Waals surface area contributed by atoms with E-state index in [0.29, 0.717) is 0 Å². The van der Waals surface area contributed by atoms with Crippen molar-refractivity contribution in [1.82, 2.24) is 0 Å². The lowest BCUT2D eigenvalue weighted by atomic mass is 10.0. The van der Waals surface area contributed by atoms with Gasteiger partial charge in [-0.25, -0.2) is 9.59 Å². The topological polar surface area (TPSA) is 110 Å². The van der Waals surface area contributed by atoms with Crippen LogP contribution in [0.1, 0.15) is 0 Å². The van der Waals surface area contributed by atoms with Crippen molar-refractivity contribution in [3.05, 3.63) is 0 Å². The van der Waals surface area contributed by atoms with Gasteiger partial charge in [0, 0.05) is 0 Å². The van der Waals surface area contributed by atoms with Crippen molar-refractivity contribution >= 4 is 11.9 Å². The van der Waals surface area contributed by atoms with Gasteiger partial charge >= 0.3 is 11.9 Å². The fourth-order valence-corrected chi connectivity index (χ4v) is 0.402. The minimum absolute atomic E-state index is 0.989. The lowest BCUT2D eigenvalue weighted by Crippen LogP contribution is -2.58. The summed E-state index contributed by atoms with van der Waals surface area (Å²) in [7, 11) is 0.989. The van der Waals surface area contributed by atoms with Crippen LogP contribution in [0.2, 0.25) is 0 Å². The number of hydrogen-bond acceptors (Lipinski definition) is 5. The largest absolute Gasteiger partial charge is 0.479 e. The van der Waals surface area contributed by atoms with Crippen LogP contribution < -0.4 is 5.73 Å². The lowest BCUT2D eigenvalue weighted by Gasteiger charge is -2.17. The quantitative estimate of drug-likeness (QED) is 0.326. The summed E-state index contributed by atoms with van der Waals surface area (Å²) in [6.07, 6.45) is 0. The SMILES string of the molecule is COC(=O)C(N)(CO)C(=O)O. The Labute approximate surface area is 62.6 Å². The van der Waals surface area contributed by atoms with Gasteiger partial charge < -0.3 is 20.7 Å². The number of hydrogen-bond donors (Lipinski definition) is 3. The fourth-order valence-electron chi connectivity index (χ4n) is 0.402. The van der Waals surface area contributed by atoms with Gasteiger partial charge in [0.1, 0.15) is 0 Å².